The molecule has 0 radical (unpaired) electrons. The fourth-order valence-electron chi connectivity index (χ4n) is 2.72. The molecular formula is C22H32BrCl3F2N2O5S. The first kappa shape index (κ1) is 35.3. The molecule has 0 aliphatic carbocycles. The Morgan fingerprint density at radius 3 is 1.83 bits per heavy atom. The summed E-state index contributed by atoms with van der Waals surface area (Å²) in [7, 11) is -1.58. The molecule has 14 heteroatoms. The van der Waals surface area contributed by atoms with Gasteiger partial charge in [-0.25, -0.2) is 8.78 Å². The van der Waals surface area contributed by atoms with Gasteiger partial charge in [0.05, 0.1) is 33.6 Å². The molecule has 7 nitrogen and oxygen atoms in total. The van der Waals surface area contributed by atoms with E-state index >= 15 is 0 Å². The first-order valence-corrected chi connectivity index (χ1v) is 14.4. The molecule has 1 aromatic carbocycles. The molecule has 0 fully saturated rings. The molecule has 6 atom stereocenters. The number of hydrogen-bond donors (Lipinski definition) is 0. The molecular weight excluding hydrogens is 629 g/mol. The van der Waals surface area contributed by atoms with Gasteiger partial charge in [-0.2, -0.15) is 8.42 Å². The number of rotatable bonds is 13. The highest BCUT2D eigenvalue weighted by atomic mass is 79.9. The summed E-state index contributed by atoms with van der Waals surface area (Å²) < 4.78 is 57.2. The Hall–Kier alpha value is -0.720. The Morgan fingerprint density at radius 1 is 0.917 bits per heavy atom. The molecule has 1 aromatic rings. The van der Waals surface area contributed by atoms with Crippen LogP contribution >= 0.6 is 50.7 Å². The maximum Gasteiger partial charge on any atom is 0.298 e. The molecule has 0 N–H and O–H groups in total. The molecule has 0 aliphatic rings. The standard InChI is InChI=1S/C14H17Cl3FNO4S.C8H15BrFNO/c1-4-13(8(2)12(18)7-19-22-3)23-24(20,21)14-6-10(16)9(15)5-11(14)17;1-4-7(9)6(2)8(10)5-11-12-3/h5-8,12-13H,4H2,1-3H3;5-8H,4H2,1-3H3/t8-,12+,13+;6-,7+,8-/m01/s1. The van der Waals surface area contributed by atoms with E-state index in [9.17, 15) is 17.2 Å². The highest BCUT2D eigenvalue weighted by Crippen LogP contribution is 2.34. The van der Waals surface area contributed by atoms with Crippen LogP contribution in [-0.2, 0) is 24.0 Å². The Morgan fingerprint density at radius 2 is 1.39 bits per heavy atom. The molecule has 0 aliphatic heterocycles. The lowest BCUT2D eigenvalue weighted by molar-refractivity contribution is 0.110. The van der Waals surface area contributed by atoms with Crippen LogP contribution in [0.15, 0.2) is 27.3 Å². The molecule has 36 heavy (non-hydrogen) atoms. The van der Waals surface area contributed by atoms with Crippen LogP contribution in [0.2, 0.25) is 15.1 Å². The number of halogens is 6. The summed E-state index contributed by atoms with van der Waals surface area (Å²) in [6.07, 6.45) is -0.241. The summed E-state index contributed by atoms with van der Waals surface area (Å²) in [6.45, 7) is 7.03. The maximum atomic E-state index is 14.0. The van der Waals surface area contributed by atoms with Gasteiger partial charge in [-0.3, -0.25) is 4.18 Å². The predicted molar refractivity (Wildman–Crippen MR) is 146 cm³/mol. The fourth-order valence-corrected chi connectivity index (χ4v) is 5.21. The van der Waals surface area contributed by atoms with Crippen molar-refractivity contribution < 1.29 is 31.1 Å². The Bertz CT molecular complexity index is 960. The molecule has 0 spiro atoms. The van der Waals surface area contributed by atoms with Gasteiger partial charge in [0.15, 0.2) is 0 Å². The van der Waals surface area contributed by atoms with Crippen molar-refractivity contribution in [1.29, 1.82) is 0 Å². The van der Waals surface area contributed by atoms with Gasteiger partial charge in [0.25, 0.3) is 10.1 Å². The number of oxime groups is 2. The van der Waals surface area contributed by atoms with Gasteiger partial charge in [0, 0.05) is 16.7 Å². The second-order valence-electron chi connectivity index (χ2n) is 7.60. The molecule has 0 aromatic heterocycles. The van der Waals surface area contributed by atoms with Crippen LogP contribution in [0.3, 0.4) is 0 Å². The second kappa shape index (κ2) is 17.7. The molecule has 208 valence electrons. The van der Waals surface area contributed by atoms with Crippen LogP contribution in [0.4, 0.5) is 8.78 Å². The zero-order chi connectivity index (χ0) is 28.1. The van der Waals surface area contributed by atoms with Crippen LogP contribution < -0.4 is 0 Å². The van der Waals surface area contributed by atoms with Gasteiger partial charge in [-0.15, -0.1) is 0 Å². The third-order valence-electron chi connectivity index (χ3n) is 5.07. The summed E-state index contributed by atoms with van der Waals surface area (Å²) in [5.41, 5.74) is 0. The summed E-state index contributed by atoms with van der Waals surface area (Å²) in [4.78, 5) is 8.66. The second-order valence-corrected chi connectivity index (χ2v) is 11.5. The minimum Gasteiger partial charge on any atom is -0.399 e. The SMILES string of the molecule is CC[C@@H](OS(=O)(=O)c1cc(Cl)c(Cl)cc1Cl)[C@@H](C)[C@H](F)C=NOC.CC[C@H](Br)[C@@H](C)[C@H](F)C=NOC. The van der Waals surface area contributed by atoms with Crippen molar-refractivity contribution in [3.8, 4) is 0 Å². The molecule has 0 bridgehead atoms. The highest BCUT2D eigenvalue weighted by molar-refractivity contribution is 9.09. The van der Waals surface area contributed by atoms with Crippen LogP contribution in [-0.4, -0.2) is 58.3 Å². The minimum absolute atomic E-state index is 0.0138. The quantitative estimate of drug-likeness (QED) is 0.0719. The van der Waals surface area contributed by atoms with Crippen molar-refractivity contribution in [3.05, 3.63) is 27.2 Å². The van der Waals surface area contributed by atoms with Crippen molar-refractivity contribution in [2.45, 2.75) is 68.7 Å². The van der Waals surface area contributed by atoms with E-state index in [-0.39, 0.29) is 37.1 Å². The Kier molecular flexibility index (Phi) is 17.4. The van der Waals surface area contributed by atoms with E-state index in [1.165, 1.54) is 33.4 Å². The van der Waals surface area contributed by atoms with E-state index in [2.05, 4.69) is 35.9 Å². The largest absolute Gasteiger partial charge is 0.399 e. The third kappa shape index (κ3) is 11.8. The van der Waals surface area contributed by atoms with Crippen molar-refractivity contribution in [3.63, 3.8) is 0 Å². The van der Waals surface area contributed by atoms with E-state index in [1.807, 2.05) is 13.8 Å². The lowest BCUT2D eigenvalue weighted by Gasteiger charge is -2.23. The smallest absolute Gasteiger partial charge is 0.298 e. The topological polar surface area (TPSA) is 86.6 Å². The number of hydrogen-bond acceptors (Lipinski definition) is 7. The van der Waals surface area contributed by atoms with Gasteiger partial charge in [0.1, 0.15) is 31.5 Å². The number of alkyl halides is 3. The first-order valence-electron chi connectivity index (χ1n) is 10.9. The van der Waals surface area contributed by atoms with Crippen LogP contribution in [0.5, 0.6) is 0 Å². The molecule has 0 unspecified atom stereocenters. The average molecular weight is 661 g/mol. The lowest BCUT2D eigenvalue weighted by atomic mass is 9.98. The van der Waals surface area contributed by atoms with Crippen molar-refractivity contribution in [2.75, 3.05) is 14.2 Å². The first-order chi connectivity index (χ1) is 16.8. The van der Waals surface area contributed by atoms with Gasteiger partial charge in [0.2, 0.25) is 0 Å². The van der Waals surface area contributed by atoms with Crippen molar-refractivity contribution >= 4 is 73.3 Å². The normalized spacial score (nSPS) is 17.1. The van der Waals surface area contributed by atoms with Crippen LogP contribution in [0.25, 0.3) is 0 Å². The van der Waals surface area contributed by atoms with Crippen molar-refractivity contribution in [1.82, 2.24) is 0 Å². The van der Waals surface area contributed by atoms with E-state index in [0.717, 1.165) is 18.7 Å². The molecule has 1 rings (SSSR count). The highest BCUT2D eigenvalue weighted by Gasteiger charge is 2.31. The molecule has 0 amide bonds. The predicted octanol–water partition coefficient (Wildman–Crippen LogP) is 7.50. The van der Waals surface area contributed by atoms with Crippen LogP contribution in [0.1, 0.15) is 40.5 Å². The van der Waals surface area contributed by atoms with E-state index < -0.39 is 34.5 Å². The Labute approximate surface area is 235 Å². The fraction of sp³-hybridized carbons (Fsp3) is 0.636. The zero-order valence-corrected chi connectivity index (χ0v) is 25.5. The summed E-state index contributed by atoms with van der Waals surface area (Å²) >= 11 is 20.9. The lowest BCUT2D eigenvalue weighted by Crippen LogP contribution is -2.32. The van der Waals surface area contributed by atoms with Gasteiger partial charge < -0.3 is 9.68 Å². The maximum absolute atomic E-state index is 14.0. The van der Waals surface area contributed by atoms with E-state index in [0.29, 0.717) is 0 Å². The molecule has 0 saturated carbocycles. The van der Waals surface area contributed by atoms with Gasteiger partial charge >= 0.3 is 0 Å². The van der Waals surface area contributed by atoms with Crippen molar-refractivity contribution in [2.24, 2.45) is 22.1 Å². The van der Waals surface area contributed by atoms with Gasteiger partial charge in [-0.1, -0.05) is 88.7 Å². The summed E-state index contributed by atoms with van der Waals surface area (Å²) in [5, 5.41) is 6.72. The average Bonchev–Trinajstić information content (AvgIpc) is 2.85. The van der Waals surface area contributed by atoms with E-state index in [1.54, 1.807) is 6.92 Å². The van der Waals surface area contributed by atoms with E-state index in [4.69, 9.17) is 39.0 Å². The summed E-state index contributed by atoms with van der Waals surface area (Å²) in [6, 6.07) is 2.30. The summed E-state index contributed by atoms with van der Waals surface area (Å²) in [5.74, 6) is -0.862. The molecule has 0 saturated heterocycles. The monoisotopic (exact) mass is 658 g/mol. The zero-order valence-electron chi connectivity index (χ0n) is 20.8. The van der Waals surface area contributed by atoms with Gasteiger partial charge in [-0.05, 0) is 25.0 Å². The number of benzene rings is 1. The Balaban J connectivity index is 0.000000860. The third-order valence-corrected chi connectivity index (χ3v) is 9.07. The molecule has 0 heterocycles. The number of nitrogens with zero attached hydrogens (tertiary/aromatic N) is 2. The van der Waals surface area contributed by atoms with Crippen LogP contribution in [0, 0.1) is 11.8 Å². The minimum atomic E-state index is -4.26.